The normalized spacial score (nSPS) is 13.2. The summed E-state index contributed by atoms with van der Waals surface area (Å²) in [4.78, 5) is 4.78. The van der Waals surface area contributed by atoms with Gasteiger partial charge in [0, 0.05) is 18.3 Å². The largest absolute Gasteiger partial charge is 0.386 e. The predicted octanol–water partition coefficient (Wildman–Crippen LogP) is 5.33. The molecule has 0 saturated carbocycles. The Labute approximate surface area is 192 Å². The monoisotopic (exact) mass is 434 g/mol. The van der Waals surface area contributed by atoms with Gasteiger partial charge in [0.15, 0.2) is 0 Å². The molecule has 0 aliphatic heterocycles. The van der Waals surface area contributed by atoms with E-state index in [0.29, 0.717) is 12.0 Å². The molecule has 5 aromatic rings. The Morgan fingerprint density at radius 3 is 2.15 bits per heavy atom. The molecule has 2 aromatic heterocycles. The van der Waals surface area contributed by atoms with Crippen LogP contribution in [0, 0.1) is 5.41 Å². The van der Waals surface area contributed by atoms with Gasteiger partial charge in [-0.2, -0.15) is 0 Å². The Hall–Kier alpha value is -3.96. The van der Waals surface area contributed by atoms with E-state index in [2.05, 4.69) is 35.0 Å². The summed E-state index contributed by atoms with van der Waals surface area (Å²) in [5.74, 6) is 0. The molecule has 164 valence electrons. The number of aliphatic hydroxyl groups is 1. The molecule has 5 nitrogen and oxygen atoms in total. The summed E-state index contributed by atoms with van der Waals surface area (Å²) >= 11 is 0. The van der Waals surface area contributed by atoms with Gasteiger partial charge in [-0.15, -0.1) is 0 Å². The van der Waals surface area contributed by atoms with E-state index >= 15 is 0 Å². The van der Waals surface area contributed by atoms with Gasteiger partial charge in [0.2, 0.25) is 0 Å². The fourth-order valence-electron chi connectivity index (χ4n) is 4.35. The third-order valence-electron chi connectivity index (χ3n) is 6.17. The average Bonchev–Trinajstić information content (AvgIpc) is 3.24. The summed E-state index contributed by atoms with van der Waals surface area (Å²) in [6.45, 7) is 2.59. The molecule has 0 spiro atoms. The summed E-state index contributed by atoms with van der Waals surface area (Å²) < 4.78 is 3.87. The van der Waals surface area contributed by atoms with Crippen LogP contribution >= 0.6 is 0 Å². The first-order valence-corrected chi connectivity index (χ1v) is 11.1. The van der Waals surface area contributed by atoms with Crippen molar-refractivity contribution in [2.45, 2.75) is 25.6 Å². The lowest BCUT2D eigenvalue weighted by Crippen LogP contribution is -2.27. The lowest BCUT2D eigenvalue weighted by Gasteiger charge is -2.22. The summed E-state index contributed by atoms with van der Waals surface area (Å²) in [6.07, 6.45) is 3.02. The number of hydrogen-bond acceptors (Lipinski definition) is 3. The molecule has 0 radical (unpaired) electrons. The Kier molecular flexibility index (Phi) is 5.63. The van der Waals surface area contributed by atoms with Gasteiger partial charge in [0.05, 0.1) is 23.9 Å². The van der Waals surface area contributed by atoms with Crippen molar-refractivity contribution >= 4 is 11.0 Å². The SMILES string of the molecule is CC(C(O)c1ccccc1)n1cnc2c(c(-c3ccccc3)cn2Cc2ccccc2)c1=N. The van der Waals surface area contributed by atoms with Crippen molar-refractivity contribution in [2.24, 2.45) is 0 Å². The van der Waals surface area contributed by atoms with Crippen LogP contribution in [0.4, 0.5) is 0 Å². The second-order valence-electron chi connectivity index (χ2n) is 8.32. The van der Waals surface area contributed by atoms with Crippen LogP contribution in [0.1, 0.15) is 30.2 Å². The minimum absolute atomic E-state index is 0.341. The molecule has 2 N–H and O–H groups in total. The second kappa shape index (κ2) is 8.88. The van der Waals surface area contributed by atoms with Crippen LogP contribution in [0.2, 0.25) is 0 Å². The average molecular weight is 435 g/mol. The molecule has 2 atom stereocenters. The quantitative estimate of drug-likeness (QED) is 0.379. The number of nitrogens with zero attached hydrogens (tertiary/aromatic N) is 3. The smallest absolute Gasteiger partial charge is 0.146 e. The number of rotatable bonds is 6. The molecule has 3 aromatic carbocycles. The standard InChI is InChI=1S/C28H26N4O/c1-20(26(33)23-15-9-4-10-16-23)32-19-30-28-25(27(32)29)24(22-13-7-3-8-14-22)18-31(28)17-21-11-5-2-6-12-21/h2-16,18-20,26,29,33H,17H2,1H3. The Morgan fingerprint density at radius 2 is 1.48 bits per heavy atom. The van der Waals surface area contributed by atoms with Gasteiger partial charge in [-0.05, 0) is 23.6 Å². The first-order valence-electron chi connectivity index (χ1n) is 11.1. The molecule has 5 rings (SSSR count). The van der Waals surface area contributed by atoms with Gasteiger partial charge in [-0.25, -0.2) is 4.98 Å². The van der Waals surface area contributed by atoms with Crippen LogP contribution in [0.15, 0.2) is 104 Å². The molecule has 2 unspecified atom stereocenters. The van der Waals surface area contributed by atoms with Crippen molar-refractivity contribution in [1.82, 2.24) is 14.1 Å². The predicted molar refractivity (Wildman–Crippen MR) is 131 cm³/mol. The highest BCUT2D eigenvalue weighted by Crippen LogP contribution is 2.30. The Balaban J connectivity index is 1.65. The zero-order chi connectivity index (χ0) is 22.8. The molecule has 0 amide bonds. The van der Waals surface area contributed by atoms with E-state index < -0.39 is 6.10 Å². The number of aromatic nitrogens is 3. The fraction of sp³-hybridized carbons (Fsp3) is 0.143. The maximum Gasteiger partial charge on any atom is 0.146 e. The molecule has 0 saturated heterocycles. The maximum absolute atomic E-state index is 11.0. The van der Waals surface area contributed by atoms with E-state index in [4.69, 9.17) is 10.4 Å². The van der Waals surface area contributed by atoms with Crippen molar-refractivity contribution < 1.29 is 5.11 Å². The lowest BCUT2D eigenvalue weighted by molar-refractivity contribution is 0.119. The molecule has 0 fully saturated rings. The van der Waals surface area contributed by atoms with Crippen LogP contribution in [-0.2, 0) is 6.54 Å². The van der Waals surface area contributed by atoms with Crippen molar-refractivity contribution in [1.29, 1.82) is 5.41 Å². The summed E-state index contributed by atoms with van der Waals surface area (Å²) in [5.41, 5.74) is 5.11. The third kappa shape index (κ3) is 3.99. The van der Waals surface area contributed by atoms with E-state index in [-0.39, 0.29) is 6.04 Å². The Morgan fingerprint density at radius 1 is 0.879 bits per heavy atom. The van der Waals surface area contributed by atoms with Crippen molar-refractivity contribution in [3.05, 3.63) is 120 Å². The highest BCUT2D eigenvalue weighted by atomic mass is 16.3. The zero-order valence-corrected chi connectivity index (χ0v) is 18.5. The zero-order valence-electron chi connectivity index (χ0n) is 18.5. The summed E-state index contributed by atoms with van der Waals surface area (Å²) in [5, 5.41) is 20.9. The number of hydrogen-bond donors (Lipinski definition) is 2. The maximum atomic E-state index is 11.0. The molecular formula is C28H26N4O. The first-order chi connectivity index (χ1) is 16.1. The van der Waals surface area contributed by atoms with E-state index in [1.54, 1.807) is 10.9 Å². The first kappa shape index (κ1) is 20.9. The molecule has 0 aliphatic carbocycles. The van der Waals surface area contributed by atoms with Gasteiger partial charge < -0.3 is 14.2 Å². The molecule has 2 heterocycles. The number of aliphatic hydroxyl groups excluding tert-OH is 1. The van der Waals surface area contributed by atoms with E-state index in [1.165, 1.54) is 5.56 Å². The van der Waals surface area contributed by atoms with Gasteiger partial charge in [0.25, 0.3) is 0 Å². The topological polar surface area (TPSA) is 66.8 Å². The van der Waals surface area contributed by atoms with Crippen LogP contribution < -0.4 is 5.49 Å². The molecular weight excluding hydrogens is 408 g/mol. The number of nitrogens with one attached hydrogen (secondary N) is 1. The summed E-state index contributed by atoms with van der Waals surface area (Å²) in [7, 11) is 0. The number of fused-ring (bicyclic) bond motifs is 1. The van der Waals surface area contributed by atoms with E-state index in [1.807, 2.05) is 73.7 Å². The van der Waals surface area contributed by atoms with Gasteiger partial charge in [-0.1, -0.05) is 91.0 Å². The van der Waals surface area contributed by atoms with Crippen LogP contribution in [0.25, 0.3) is 22.2 Å². The molecule has 33 heavy (non-hydrogen) atoms. The Bertz CT molecular complexity index is 1420. The molecule has 0 bridgehead atoms. The highest BCUT2D eigenvalue weighted by Gasteiger charge is 2.21. The van der Waals surface area contributed by atoms with Crippen molar-refractivity contribution in [3.63, 3.8) is 0 Å². The fourth-order valence-corrected chi connectivity index (χ4v) is 4.35. The minimum atomic E-state index is -0.744. The van der Waals surface area contributed by atoms with Crippen molar-refractivity contribution in [3.8, 4) is 11.1 Å². The molecule has 0 aliphatic rings. The van der Waals surface area contributed by atoms with Crippen LogP contribution in [0.3, 0.4) is 0 Å². The third-order valence-corrected chi connectivity index (χ3v) is 6.17. The summed E-state index contributed by atoms with van der Waals surface area (Å²) in [6, 6.07) is 29.6. The van der Waals surface area contributed by atoms with E-state index in [9.17, 15) is 5.11 Å². The van der Waals surface area contributed by atoms with Crippen LogP contribution in [-0.4, -0.2) is 19.2 Å². The van der Waals surface area contributed by atoms with Gasteiger partial charge in [0.1, 0.15) is 11.1 Å². The molecule has 5 heteroatoms. The minimum Gasteiger partial charge on any atom is -0.386 e. The highest BCUT2D eigenvalue weighted by molar-refractivity contribution is 5.93. The van der Waals surface area contributed by atoms with Crippen molar-refractivity contribution in [2.75, 3.05) is 0 Å². The number of benzene rings is 3. The van der Waals surface area contributed by atoms with Gasteiger partial charge in [-0.3, -0.25) is 5.41 Å². The van der Waals surface area contributed by atoms with Gasteiger partial charge >= 0.3 is 0 Å². The lowest BCUT2D eigenvalue weighted by atomic mass is 10.0. The van der Waals surface area contributed by atoms with E-state index in [0.717, 1.165) is 27.7 Å². The van der Waals surface area contributed by atoms with Crippen LogP contribution in [0.5, 0.6) is 0 Å². The second-order valence-corrected chi connectivity index (χ2v) is 8.32.